The van der Waals surface area contributed by atoms with Gasteiger partial charge in [-0.3, -0.25) is 14.4 Å². The maximum absolute atomic E-state index is 13.1. The number of benzene rings is 2. The molecule has 210 valence electrons. The molecule has 3 heterocycles. The van der Waals surface area contributed by atoms with Gasteiger partial charge in [-0.1, -0.05) is 18.2 Å². The summed E-state index contributed by atoms with van der Waals surface area (Å²) in [4.78, 5) is 48.7. The quantitative estimate of drug-likeness (QED) is 0.383. The molecule has 2 aromatic carbocycles. The molecule has 0 unspecified atom stereocenters. The van der Waals surface area contributed by atoms with Crippen molar-refractivity contribution in [3.8, 4) is 0 Å². The van der Waals surface area contributed by atoms with Crippen LogP contribution in [-0.2, 0) is 4.79 Å². The van der Waals surface area contributed by atoms with E-state index < -0.39 is 0 Å². The number of aromatic nitrogens is 1. The Bertz CT molecular complexity index is 1380. The Kier molecular flexibility index (Phi) is 8.64. The van der Waals surface area contributed by atoms with E-state index in [0.29, 0.717) is 42.2 Å². The molecule has 5 rings (SSSR count). The molecule has 0 aliphatic carbocycles. The normalized spacial score (nSPS) is 15.4. The second-order valence-electron chi connectivity index (χ2n) is 10.3. The number of nitrogens with zero attached hydrogens (tertiary/aromatic N) is 4. The predicted octanol–water partition coefficient (Wildman–Crippen LogP) is 4.08. The molecule has 0 spiro atoms. The average Bonchev–Trinajstić information content (AvgIpc) is 3.59. The SMILES string of the molecule is Cc1csc(C(=O)Nc2cc(C(=O)NCCCN3CCCC3=O)ccc2N2CCN(c3ccccc3C)CC2)n1. The number of carbonyl (C=O) groups is 3. The Hall–Kier alpha value is -3.92. The fraction of sp³-hybridized carbons (Fsp3) is 0.400. The number of rotatable bonds is 9. The lowest BCUT2D eigenvalue weighted by atomic mass is 10.1. The topological polar surface area (TPSA) is 97.9 Å². The molecule has 0 bridgehead atoms. The van der Waals surface area contributed by atoms with E-state index in [-0.39, 0.29) is 17.7 Å². The molecule has 2 aliphatic rings. The van der Waals surface area contributed by atoms with Crippen molar-refractivity contribution in [2.75, 3.05) is 60.9 Å². The second-order valence-corrected chi connectivity index (χ2v) is 11.2. The Labute approximate surface area is 239 Å². The fourth-order valence-corrected chi connectivity index (χ4v) is 6.00. The van der Waals surface area contributed by atoms with Gasteiger partial charge >= 0.3 is 0 Å². The Morgan fingerprint density at radius 3 is 2.38 bits per heavy atom. The van der Waals surface area contributed by atoms with Crippen LogP contribution >= 0.6 is 11.3 Å². The van der Waals surface area contributed by atoms with Crippen molar-refractivity contribution in [3.63, 3.8) is 0 Å². The third-order valence-electron chi connectivity index (χ3n) is 7.46. The first-order valence-corrected chi connectivity index (χ1v) is 14.8. The van der Waals surface area contributed by atoms with Crippen LogP contribution in [0.4, 0.5) is 17.1 Å². The predicted molar refractivity (Wildman–Crippen MR) is 160 cm³/mol. The van der Waals surface area contributed by atoms with Crippen LogP contribution in [0.2, 0.25) is 0 Å². The zero-order valence-electron chi connectivity index (χ0n) is 23.1. The van der Waals surface area contributed by atoms with Crippen molar-refractivity contribution in [3.05, 3.63) is 69.7 Å². The second kappa shape index (κ2) is 12.5. The fourth-order valence-electron chi connectivity index (χ4n) is 5.31. The van der Waals surface area contributed by atoms with Crippen molar-refractivity contribution < 1.29 is 14.4 Å². The molecule has 3 amide bonds. The number of piperazine rings is 1. The van der Waals surface area contributed by atoms with Crippen LogP contribution in [0.25, 0.3) is 0 Å². The van der Waals surface area contributed by atoms with Gasteiger partial charge in [0.2, 0.25) is 5.91 Å². The summed E-state index contributed by atoms with van der Waals surface area (Å²) >= 11 is 1.30. The number of hydrogen-bond acceptors (Lipinski definition) is 7. The molecule has 2 fully saturated rings. The molecule has 40 heavy (non-hydrogen) atoms. The van der Waals surface area contributed by atoms with Gasteiger partial charge in [-0.2, -0.15) is 0 Å². The van der Waals surface area contributed by atoms with Crippen LogP contribution in [0.5, 0.6) is 0 Å². The van der Waals surface area contributed by atoms with Crippen LogP contribution < -0.4 is 20.4 Å². The minimum Gasteiger partial charge on any atom is -0.368 e. The number of anilines is 3. The highest BCUT2D eigenvalue weighted by Gasteiger charge is 2.23. The lowest BCUT2D eigenvalue weighted by molar-refractivity contribution is -0.127. The molecule has 3 aromatic rings. The Morgan fingerprint density at radius 1 is 0.950 bits per heavy atom. The van der Waals surface area contributed by atoms with E-state index in [1.165, 1.54) is 22.6 Å². The first-order chi connectivity index (χ1) is 19.4. The number of para-hydroxylation sites is 1. The lowest BCUT2D eigenvalue weighted by Gasteiger charge is -2.38. The largest absolute Gasteiger partial charge is 0.368 e. The lowest BCUT2D eigenvalue weighted by Crippen LogP contribution is -2.47. The minimum atomic E-state index is -0.286. The van der Waals surface area contributed by atoms with E-state index in [2.05, 4.69) is 56.6 Å². The zero-order valence-corrected chi connectivity index (χ0v) is 23.9. The van der Waals surface area contributed by atoms with E-state index in [4.69, 9.17) is 0 Å². The van der Waals surface area contributed by atoms with Crippen molar-refractivity contribution >= 4 is 46.1 Å². The van der Waals surface area contributed by atoms with Crippen molar-refractivity contribution in [1.29, 1.82) is 0 Å². The highest BCUT2D eigenvalue weighted by molar-refractivity contribution is 7.11. The van der Waals surface area contributed by atoms with E-state index in [1.807, 2.05) is 29.3 Å². The maximum Gasteiger partial charge on any atom is 0.284 e. The van der Waals surface area contributed by atoms with E-state index in [1.54, 1.807) is 6.07 Å². The van der Waals surface area contributed by atoms with Gasteiger partial charge in [0.05, 0.1) is 11.4 Å². The van der Waals surface area contributed by atoms with Gasteiger partial charge in [0.1, 0.15) is 0 Å². The third-order valence-corrected chi connectivity index (χ3v) is 8.42. The number of thiazole rings is 1. The Balaban J connectivity index is 1.28. The number of amides is 3. The molecule has 9 nitrogen and oxygen atoms in total. The highest BCUT2D eigenvalue weighted by atomic mass is 32.1. The van der Waals surface area contributed by atoms with Crippen molar-refractivity contribution in [1.82, 2.24) is 15.2 Å². The van der Waals surface area contributed by atoms with Crippen LogP contribution in [-0.4, -0.2) is 73.4 Å². The maximum atomic E-state index is 13.1. The van der Waals surface area contributed by atoms with Gasteiger partial charge in [0.25, 0.3) is 11.8 Å². The number of nitrogens with one attached hydrogen (secondary N) is 2. The summed E-state index contributed by atoms with van der Waals surface area (Å²) in [6.45, 7) is 9.20. The van der Waals surface area contributed by atoms with E-state index in [9.17, 15) is 14.4 Å². The third kappa shape index (κ3) is 6.44. The molecule has 0 saturated carbocycles. The summed E-state index contributed by atoms with van der Waals surface area (Å²) in [5.41, 5.74) is 5.25. The summed E-state index contributed by atoms with van der Waals surface area (Å²) in [5.74, 6) is -0.299. The highest BCUT2D eigenvalue weighted by Crippen LogP contribution is 2.30. The van der Waals surface area contributed by atoms with Gasteiger partial charge in [-0.15, -0.1) is 11.3 Å². The van der Waals surface area contributed by atoms with Gasteiger partial charge in [-0.25, -0.2) is 4.98 Å². The summed E-state index contributed by atoms with van der Waals surface area (Å²) in [5, 5.41) is 8.22. The molecule has 0 atom stereocenters. The smallest absolute Gasteiger partial charge is 0.284 e. The van der Waals surface area contributed by atoms with Crippen LogP contribution in [0.1, 0.15) is 50.7 Å². The van der Waals surface area contributed by atoms with Gasteiger partial charge < -0.3 is 25.3 Å². The number of aryl methyl sites for hydroxylation is 2. The first-order valence-electron chi connectivity index (χ1n) is 13.9. The van der Waals surface area contributed by atoms with Crippen LogP contribution in [0.15, 0.2) is 47.8 Å². The number of hydrogen-bond donors (Lipinski definition) is 2. The van der Waals surface area contributed by atoms with Crippen LogP contribution in [0.3, 0.4) is 0 Å². The van der Waals surface area contributed by atoms with Gasteiger partial charge in [0.15, 0.2) is 5.01 Å². The molecular weight excluding hydrogens is 524 g/mol. The van der Waals surface area contributed by atoms with Crippen LogP contribution in [0, 0.1) is 13.8 Å². The monoisotopic (exact) mass is 560 g/mol. The molecule has 10 heteroatoms. The molecule has 2 N–H and O–H groups in total. The summed E-state index contributed by atoms with van der Waals surface area (Å²) < 4.78 is 0. The van der Waals surface area contributed by atoms with Gasteiger partial charge in [-0.05, 0) is 56.5 Å². The zero-order chi connectivity index (χ0) is 28.1. The van der Waals surface area contributed by atoms with E-state index >= 15 is 0 Å². The molecule has 0 radical (unpaired) electrons. The van der Waals surface area contributed by atoms with Gasteiger partial charge in [0, 0.05) is 74.6 Å². The summed E-state index contributed by atoms with van der Waals surface area (Å²) in [6.07, 6.45) is 2.23. The van der Waals surface area contributed by atoms with Crippen molar-refractivity contribution in [2.24, 2.45) is 0 Å². The first kappa shape index (κ1) is 27.6. The molecule has 2 aliphatic heterocycles. The molecule has 1 aromatic heterocycles. The number of likely N-dealkylation sites (tertiary alicyclic amines) is 1. The van der Waals surface area contributed by atoms with E-state index in [0.717, 1.165) is 50.5 Å². The average molecular weight is 561 g/mol. The van der Waals surface area contributed by atoms with Crippen molar-refractivity contribution in [2.45, 2.75) is 33.1 Å². The molecule has 2 saturated heterocycles. The summed E-state index contributed by atoms with van der Waals surface area (Å²) in [6, 6.07) is 13.9. The Morgan fingerprint density at radius 2 is 1.70 bits per heavy atom. The minimum absolute atomic E-state index is 0.192. The number of carbonyl (C=O) groups excluding carboxylic acids is 3. The molecular formula is C30H36N6O3S. The standard InChI is InChI=1S/C30H36N6O3S/c1-21-7-3-4-8-25(21)34-15-17-35(18-16-34)26-11-10-23(19-24(26)33-29(39)30-32-22(2)20-40-30)28(38)31-12-6-14-36-13-5-9-27(36)37/h3-4,7-8,10-11,19-20H,5-6,9,12-18H2,1-2H3,(H,31,38)(H,33,39). The summed E-state index contributed by atoms with van der Waals surface area (Å²) in [7, 11) is 0.